The largest absolute Gasteiger partial charge is 0.329 e. The van der Waals surface area contributed by atoms with E-state index in [-0.39, 0.29) is 4.90 Å². The standard InChI is InChI=1S/C26H25N7O2S/c1-32(24-15-16-27-25(31-24)28-19-9-12-21(13-10-19)36(3,34)35)20-11-14-23-22(17-20)30-26(33(23)2)29-18-7-5-4-6-8-18/h4-17H,1-3H3,(H,29,30)(H,27,28,31). The van der Waals surface area contributed by atoms with E-state index < -0.39 is 9.84 Å². The number of rotatable bonds is 7. The summed E-state index contributed by atoms with van der Waals surface area (Å²) < 4.78 is 25.4. The zero-order valence-electron chi connectivity index (χ0n) is 20.0. The first-order chi connectivity index (χ1) is 17.3. The third-order valence-electron chi connectivity index (χ3n) is 5.80. The van der Waals surface area contributed by atoms with E-state index >= 15 is 0 Å². The Labute approximate surface area is 209 Å². The van der Waals surface area contributed by atoms with E-state index in [1.165, 1.54) is 6.26 Å². The van der Waals surface area contributed by atoms with Crippen LogP contribution in [0.15, 0.2) is 90.0 Å². The molecule has 0 aliphatic rings. The van der Waals surface area contributed by atoms with E-state index in [1.807, 2.05) is 78.2 Å². The van der Waals surface area contributed by atoms with E-state index in [0.29, 0.717) is 17.5 Å². The quantitative estimate of drug-likeness (QED) is 0.322. The van der Waals surface area contributed by atoms with E-state index in [2.05, 4.69) is 20.6 Å². The Kier molecular flexibility index (Phi) is 6.03. The Morgan fingerprint density at radius 3 is 2.31 bits per heavy atom. The van der Waals surface area contributed by atoms with Crippen molar-refractivity contribution in [3.05, 3.63) is 85.1 Å². The molecule has 0 amide bonds. The molecule has 0 spiro atoms. The van der Waals surface area contributed by atoms with E-state index in [1.54, 1.807) is 30.5 Å². The van der Waals surface area contributed by atoms with Crippen LogP contribution < -0.4 is 15.5 Å². The van der Waals surface area contributed by atoms with Gasteiger partial charge in [-0.05, 0) is 60.7 Å². The number of hydrogen-bond donors (Lipinski definition) is 2. The van der Waals surface area contributed by atoms with Crippen molar-refractivity contribution in [2.24, 2.45) is 7.05 Å². The maximum Gasteiger partial charge on any atom is 0.229 e. The summed E-state index contributed by atoms with van der Waals surface area (Å²) in [5, 5.41) is 6.49. The Morgan fingerprint density at radius 2 is 1.58 bits per heavy atom. The fourth-order valence-corrected chi connectivity index (χ4v) is 4.43. The second-order valence-electron chi connectivity index (χ2n) is 8.38. The van der Waals surface area contributed by atoms with Crippen molar-refractivity contribution in [3.8, 4) is 0 Å². The summed E-state index contributed by atoms with van der Waals surface area (Å²) in [5.74, 6) is 1.85. The highest BCUT2D eigenvalue weighted by Crippen LogP contribution is 2.29. The van der Waals surface area contributed by atoms with Gasteiger partial charge in [-0.1, -0.05) is 18.2 Å². The van der Waals surface area contributed by atoms with Crippen LogP contribution in [0.4, 0.5) is 34.8 Å². The number of aryl methyl sites for hydroxylation is 1. The highest BCUT2D eigenvalue weighted by molar-refractivity contribution is 7.90. The smallest absolute Gasteiger partial charge is 0.229 e. The number of aromatic nitrogens is 4. The molecular weight excluding hydrogens is 474 g/mol. The predicted octanol–water partition coefficient (Wildman–Crippen LogP) is 5.02. The van der Waals surface area contributed by atoms with Gasteiger partial charge in [-0.3, -0.25) is 0 Å². The van der Waals surface area contributed by atoms with Crippen LogP contribution >= 0.6 is 0 Å². The number of imidazole rings is 1. The number of sulfone groups is 1. The molecule has 2 heterocycles. The summed E-state index contributed by atoms with van der Waals surface area (Å²) in [6.07, 6.45) is 2.86. The molecule has 0 bridgehead atoms. The van der Waals surface area contributed by atoms with Crippen molar-refractivity contribution in [2.45, 2.75) is 4.90 Å². The predicted molar refractivity (Wildman–Crippen MR) is 143 cm³/mol. The number of nitrogens with zero attached hydrogens (tertiary/aromatic N) is 5. The number of nitrogens with one attached hydrogen (secondary N) is 2. The summed E-state index contributed by atoms with van der Waals surface area (Å²) in [4.78, 5) is 15.9. The normalized spacial score (nSPS) is 11.4. The molecule has 0 aliphatic heterocycles. The lowest BCUT2D eigenvalue weighted by Gasteiger charge is -2.19. The van der Waals surface area contributed by atoms with Gasteiger partial charge in [0.25, 0.3) is 0 Å². The molecule has 2 N–H and O–H groups in total. The molecule has 0 saturated carbocycles. The van der Waals surface area contributed by atoms with Crippen molar-refractivity contribution in [1.29, 1.82) is 0 Å². The maximum atomic E-state index is 11.7. The average Bonchev–Trinajstić information content (AvgIpc) is 3.18. The van der Waals surface area contributed by atoms with Gasteiger partial charge in [0.2, 0.25) is 11.9 Å². The molecule has 0 atom stereocenters. The zero-order valence-corrected chi connectivity index (χ0v) is 20.9. The van der Waals surface area contributed by atoms with Crippen LogP contribution in [0.5, 0.6) is 0 Å². The van der Waals surface area contributed by atoms with Gasteiger partial charge in [0, 0.05) is 43.6 Å². The summed E-state index contributed by atoms with van der Waals surface area (Å²) >= 11 is 0. The van der Waals surface area contributed by atoms with Crippen LogP contribution in [0, 0.1) is 0 Å². The minimum Gasteiger partial charge on any atom is -0.329 e. The summed E-state index contributed by atoms with van der Waals surface area (Å²) in [5.41, 5.74) is 4.46. The monoisotopic (exact) mass is 499 g/mol. The second-order valence-corrected chi connectivity index (χ2v) is 10.4. The van der Waals surface area contributed by atoms with Gasteiger partial charge in [-0.25, -0.2) is 18.4 Å². The molecule has 36 heavy (non-hydrogen) atoms. The first kappa shape index (κ1) is 23.3. The molecule has 0 aliphatic carbocycles. The number of para-hydroxylation sites is 1. The zero-order chi connectivity index (χ0) is 25.3. The molecule has 10 heteroatoms. The summed E-state index contributed by atoms with van der Waals surface area (Å²) in [7, 11) is 0.662. The van der Waals surface area contributed by atoms with Crippen molar-refractivity contribution in [1.82, 2.24) is 19.5 Å². The Hall–Kier alpha value is -4.44. The minimum absolute atomic E-state index is 0.259. The molecule has 0 saturated heterocycles. The first-order valence-electron chi connectivity index (χ1n) is 11.2. The Bertz CT molecular complexity index is 1630. The van der Waals surface area contributed by atoms with Gasteiger partial charge in [0.1, 0.15) is 5.82 Å². The molecule has 0 fully saturated rings. The van der Waals surface area contributed by atoms with Crippen molar-refractivity contribution >= 4 is 55.6 Å². The SMILES string of the molecule is CN(c1ccc2c(c1)nc(Nc1ccccc1)n2C)c1ccnc(Nc2ccc(S(C)(=O)=O)cc2)n1. The highest BCUT2D eigenvalue weighted by Gasteiger charge is 2.13. The van der Waals surface area contributed by atoms with Gasteiger partial charge in [-0.15, -0.1) is 0 Å². The third-order valence-corrected chi connectivity index (χ3v) is 6.93. The van der Waals surface area contributed by atoms with Crippen molar-refractivity contribution < 1.29 is 8.42 Å². The Balaban J connectivity index is 1.37. The van der Waals surface area contributed by atoms with Crippen LogP contribution in [0.1, 0.15) is 0 Å². The number of fused-ring (bicyclic) bond motifs is 1. The van der Waals surface area contributed by atoms with Crippen LogP contribution in [0.2, 0.25) is 0 Å². The topological polar surface area (TPSA) is 105 Å². The average molecular weight is 500 g/mol. The molecule has 2 aromatic heterocycles. The van der Waals surface area contributed by atoms with Crippen LogP contribution in [-0.4, -0.2) is 41.2 Å². The van der Waals surface area contributed by atoms with Gasteiger partial charge in [-0.2, -0.15) is 4.98 Å². The van der Waals surface area contributed by atoms with Gasteiger partial charge in [0.05, 0.1) is 15.9 Å². The van der Waals surface area contributed by atoms with E-state index in [9.17, 15) is 8.42 Å². The Morgan fingerprint density at radius 1 is 0.861 bits per heavy atom. The molecule has 5 aromatic rings. The van der Waals surface area contributed by atoms with Crippen molar-refractivity contribution in [2.75, 3.05) is 28.8 Å². The van der Waals surface area contributed by atoms with Gasteiger partial charge in [0.15, 0.2) is 9.84 Å². The molecule has 5 rings (SSSR count). The van der Waals surface area contributed by atoms with Crippen molar-refractivity contribution in [3.63, 3.8) is 0 Å². The number of hydrogen-bond acceptors (Lipinski definition) is 8. The summed E-state index contributed by atoms with van der Waals surface area (Å²) in [6.45, 7) is 0. The van der Waals surface area contributed by atoms with E-state index in [4.69, 9.17) is 4.98 Å². The molecule has 0 unspecified atom stereocenters. The molecular formula is C26H25N7O2S. The maximum absolute atomic E-state index is 11.7. The molecule has 9 nitrogen and oxygen atoms in total. The van der Waals surface area contributed by atoms with Crippen LogP contribution in [0.3, 0.4) is 0 Å². The fraction of sp³-hybridized carbons (Fsp3) is 0.115. The minimum atomic E-state index is -3.25. The van der Waals surface area contributed by atoms with Gasteiger partial charge < -0.3 is 20.1 Å². The first-order valence-corrected chi connectivity index (χ1v) is 13.1. The van der Waals surface area contributed by atoms with Crippen LogP contribution in [-0.2, 0) is 16.9 Å². The number of anilines is 6. The van der Waals surface area contributed by atoms with Gasteiger partial charge >= 0.3 is 0 Å². The summed E-state index contributed by atoms with van der Waals surface area (Å²) in [6, 6.07) is 24.3. The van der Waals surface area contributed by atoms with E-state index in [0.717, 1.165) is 28.4 Å². The lowest BCUT2D eigenvalue weighted by Crippen LogP contribution is -2.12. The second kappa shape index (κ2) is 9.31. The fourth-order valence-electron chi connectivity index (χ4n) is 3.80. The molecule has 0 radical (unpaired) electrons. The van der Waals surface area contributed by atoms with Crippen LogP contribution in [0.25, 0.3) is 11.0 Å². The third kappa shape index (κ3) is 4.84. The highest BCUT2D eigenvalue weighted by atomic mass is 32.2. The lowest BCUT2D eigenvalue weighted by atomic mass is 10.2. The lowest BCUT2D eigenvalue weighted by molar-refractivity contribution is 0.602. The number of benzene rings is 3. The molecule has 182 valence electrons. The molecule has 3 aromatic carbocycles.